The first kappa shape index (κ1) is 18.7. The van der Waals surface area contributed by atoms with Crippen LogP contribution in [0.15, 0.2) is 48.0 Å². The molecular formula is C20H21N3O3S. The Kier molecular flexibility index (Phi) is 6.27. The summed E-state index contributed by atoms with van der Waals surface area (Å²) in [5, 5.41) is 4.89. The molecule has 0 unspecified atom stereocenters. The topological polar surface area (TPSA) is 76.2 Å². The molecule has 6 nitrogen and oxygen atoms in total. The van der Waals surface area contributed by atoms with Gasteiger partial charge in [0.1, 0.15) is 5.82 Å². The Morgan fingerprint density at radius 2 is 2.11 bits per heavy atom. The lowest BCUT2D eigenvalue weighted by Gasteiger charge is -2.07. The zero-order valence-corrected chi connectivity index (χ0v) is 16.0. The number of aromatic amines is 1. The molecule has 27 heavy (non-hydrogen) atoms. The van der Waals surface area contributed by atoms with Crippen LogP contribution in [-0.2, 0) is 11.2 Å². The van der Waals surface area contributed by atoms with E-state index in [0.29, 0.717) is 24.5 Å². The summed E-state index contributed by atoms with van der Waals surface area (Å²) >= 11 is 1.66. The Labute approximate surface area is 161 Å². The third kappa shape index (κ3) is 4.98. The standard InChI is InChI=1S/C20H21N3O3S/c1-25-16-7-5-14(12-17(16)26-2)6-8-20(24)21-10-9-19-22-13-15(23-19)18-4-3-11-27-18/h3-8,11-13H,9-10H2,1-2H3,(H,21,24)(H,22,23)/b8-6+. The maximum absolute atomic E-state index is 12.0. The normalized spacial score (nSPS) is 10.9. The SMILES string of the molecule is COc1ccc(/C=C/C(=O)NCCc2ncc(-c3cccs3)[nH]2)cc1OC. The molecule has 7 heteroatoms. The predicted octanol–water partition coefficient (Wildman–Crippen LogP) is 3.53. The van der Waals surface area contributed by atoms with E-state index in [-0.39, 0.29) is 5.91 Å². The van der Waals surface area contributed by atoms with Gasteiger partial charge in [-0.3, -0.25) is 4.79 Å². The van der Waals surface area contributed by atoms with Crippen molar-refractivity contribution in [3.05, 3.63) is 59.4 Å². The van der Waals surface area contributed by atoms with Crippen molar-refractivity contribution in [1.29, 1.82) is 0 Å². The van der Waals surface area contributed by atoms with E-state index in [4.69, 9.17) is 9.47 Å². The molecule has 1 aromatic carbocycles. The number of H-pyrrole nitrogens is 1. The molecule has 3 aromatic rings. The molecule has 0 radical (unpaired) electrons. The van der Waals surface area contributed by atoms with Crippen molar-refractivity contribution in [3.63, 3.8) is 0 Å². The number of imidazole rings is 1. The molecule has 0 atom stereocenters. The van der Waals surface area contributed by atoms with E-state index in [1.165, 1.54) is 6.08 Å². The second-order valence-electron chi connectivity index (χ2n) is 5.71. The number of hydrogen-bond donors (Lipinski definition) is 2. The van der Waals surface area contributed by atoms with E-state index in [1.807, 2.05) is 35.8 Å². The molecule has 0 bridgehead atoms. The summed E-state index contributed by atoms with van der Waals surface area (Å²) in [5.41, 5.74) is 1.86. The molecule has 0 spiro atoms. The van der Waals surface area contributed by atoms with Crippen molar-refractivity contribution in [1.82, 2.24) is 15.3 Å². The van der Waals surface area contributed by atoms with Crippen LogP contribution in [0.4, 0.5) is 0 Å². The fourth-order valence-electron chi connectivity index (χ4n) is 2.54. The molecule has 0 aliphatic heterocycles. The molecule has 0 saturated heterocycles. The van der Waals surface area contributed by atoms with E-state index in [1.54, 1.807) is 37.7 Å². The Morgan fingerprint density at radius 1 is 1.26 bits per heavy atom. The molecular weight excluding hydrogens is 362 g/mol. The number of methoxy groups -OCH3 is 2. The summed E-state index contributed by atoms with van der Waals surface area (Å²) in [6, 6.07) is 9.53. The number of carbonyl (C=O) groups excluding carboxylic acids is 1. The van der Waals surface area contributed by atoms with E-state index in [0.717, 1.165) is 22.0 Å². The largest absolute Gasteiger partial charge is 0.493 e. The monoisotopic (exact) mass is 383 g/mol. The van der Waals surface area contributed by atoms with Gasteiger partial charge >= 0.3 is 0 Å². The molecule has 140 valence electrons. The average molecular weight is 383 g/mol. The van der Waals surface area contributed by atoms with Crippen LogP contribution in [0.1, 0.15) is 11.4 Å². The second-order valence-corrected chi connectivity index (χ2v) is 6.66. The highest BCUT2D eigenvalue weighted by atomic mass is 32.1. The van der Waals surface area contributed by atoms with Crippen LogP contribution in [0.5, 0.6) is 11.5 Å². The van der Waals surface area contributed by atoms with E-state index >= 15 is 0 Å². The van der Waals surface area contributed by atoms with Crippen molar-refractivity contribution in [2.24, 2.45) is 0 Å². The minimum Gasteiger partial charge on any atom is -0.493 e. The van der Waals surface area contributed by atoms with Crippen LogP contribution >= 0.6 is 11.3 Å². The number of hydrogen-bond acceptors (Lipinski definition) is 5. The third-order valence-corrected chi connectivity index (χ3v) is 4.81. The highest BCUT2D eigenvalue weighted by Crippen LogP contribution is 2.28. The van der Waals surface area contributed by atoms with Crippen LogP contribution in [-0.4, -0.2) is 36.6 Å². The van der Waals surface area contributed by atoms with Crippen LogP contribution in [0.2, 0.25) is 0 Å². The first-order chi connectivity index (χ1) is 13.2. The fraction of sp³-hybridized carbons (Fsp3) is 0.200. The van der Waals surface area contributed by atoms with E-state index in [2.05, 4.69) is 15.3 Å². The minimum absolute atomic E-state index is 0.158. The fourth-order valence-corrected chi connectivity index (χ4v) is 3.23. The van der Waals surface area contributed by atoms with Gasteiger partial charge in [0.05, 0.1) is 31.0 Å². The summed E-state index contributed by atoms with van der Waals surface area (Å²) in [7, 11) is 3.17. The smallest absolute Gasteiger partial charge is 0.244 e. The third-order valence-electron chi connectivity index (χ3n) is 3.91. The molecule has 0 aliphatic carbocycles. The number of amides is 1. The average Bonchev–Trinajstić information content (AvgIpc) is 3.37. The Balaban J connectivity index is 1.49. The lowest BCUT2D eigenvalue weighted by atomic mass is 10.2. The van der Waals surface area contributed by atoms with Crippen LogP contribution in [0, 0.1) is 0 Å². The molecule has 0 saturated carbocycles. The van der Waals surface area contributed by atoms with Crippen molar-refractivity contribution >= 4 is 23.3 Å². The summed E-state index contributed by atoms with van der Waals surface area (Å²) < 4.78 is 10.5. The van der Waals surface area contributed by atoms with Gasteiger partial charge in [-0.15, -0.1) is 11.3 Å². The summed E-state index contributed by atoms with van der Waals surface area (Å²) in [5.74, 6) is 1.97. The number of carbonyl (C=O) groups is 1. The molecule has 0 aliphatic rings. The van der Waals surface area contributed by atoms with Gasteiger partial charge in [0, 0.05) is 19.0 Å². The molecule has 2 N–H and O–H groups in total. The summed E-state index contributed by atoms with van der Waals surface area (Å²) in [4.78, 5) is 20.8. The van der Waals surface area contributed by atoms with Crippen molar-refractivity contribution in [3.8, 4) is 22.1 Å². The number of benzene rings is 1. The summed E-state index contributed by atoms with van der Waals surface area (Å²) in [6.45, 7) is 0.506. The van der Waals surface area contributed by atoms with E-state index < -0.39 is 0 Å². The number of rotatable bonds is 8. The maximum Gasteiger partial charge on any atom is 0.244 e. The van der Waals surface area contributed by atoms with E-state index in [9.17, 15) is 4.79 Å². The lowest BCUT2D eigenvalue weighted by Crippen LogP contribution is -2.23. The molecule has 2 aromatic heterocycles. The zero-order chi connectivity index (χ0) is 19.1. The quantitative estimate of drug-likeness (QED) is 0.584. The number of aromatic nitrogens is 2. The van der Waals surface area contributed by atoms with Crippen molar-refractivity contribution in [2.45, 2.75) is 6.42 Å². The van der Waals surface area contributed by atoms with Gasteiger partial charge in [-0.05, 0) is 35.2 Å². The molecule has 1 amide bonds. The van der Waals surface area contributed by atoms with Gasteiger partial charge in [0.25, 0.3) is 0 Å². The summed E-state index contributed by atoms with van der Waals surface area (Å²) in [6.07, 6.45) is 5.70. The van der Waals surface area contributed by atoms with Crippen LogP contribution in [0.3, 0.4) is 0 Å². The Bertz CT molecular complexity index is 916. The highest BCUT2D eigenvalue weighted by Gasteiger charge is 2.05. The van der Waals surface area contributed by atoms with Crippen LogP contribution < -0.4 is 14.8 Å². The maximum atomic E-state index is 12.0. The van der Waals surface area contributed by atoms with Gasteiger partial charge in [0.15, 0.2) is 11.5 Å². The molecule has 0 fully saturated rings. The number of thiophene rings is 1. The van der Waals surface area contributed by atoms with Gasteiger partial charge in [-0.25, -0.2) is 4.98 Å². The molecule has 3 rings (SSSR count). The first-order valence-electron chi connectivity index (χ1n) is 8.45. The Hall–Kier alpha value is -3.06. The second kappa shape index (κ2) is 9.05. The molecule has 2 heterocycles. The highest BCUT2D eigenvalue weighted by molar-refractivity contribution is 7.13. The van der Waals surface area contributed by atoms with Gasteiger partial charge in [-0.1, -0.05) is 12.1 Å². The van der Waals surface area contributed by atoms with Gasteiger partial charge in [0.2, 0.25) is 5.91 Å². The lowest BCUT2D eigenvalue weighted by molar-refractivity contribution is -0.116. The Morgan fingerprint density at radius 3 is 2.85 bits per heavy atom. The van der Waals surface area contributed by atoms with Crippen molar-refractivity contribution in [2.75, 3.05) is 20.8 Å². The van der Waals surface area contributed by atoms with Gasteiger partial charge in [-0.2, -0.15) is 0 Å². The minimum atomic E-state index is -0.158. The first-order valence-corrected chi connectivity index (χ1v) is 9.33. The number of ether oxygens (including phenoxy) is 2. The zero-order valence-electron chi connectivity index (χ0n) is 15.2. The van der Waals surface area contributed by atoms with Gasteiger partial charge < -0.3 is 19.8 Å². The number of nitrogens with zero attached hydrogens (tertiary/aromatic N) is 1. The van der Waals surface area contributed by atoms with Crippen LogP contribution in [0.25, 0.3) is 16.6 Å². The van der Waals surface area contributed by atoms with Crippen molar-refractivity contribution < 1.29 is 14.3 Å². The predicted molar refractivity (Wildman–Crippen MR) is 107 cm³/mol. The number of nitrogens with one attached hydrogen (secondary N) is 2.